The average molecular weight is 278 g/mol. The van der Waals surface area contributed by atoms with Crippen molar-refractivity contribution in [1.82, 2.24) is 4.90 Å². The van der Waals surface area contributed by atoms with Gasteiger partial charge in [0.2, 0.25) is 5.91 Å². The number of carboxylic acid groups (broad SMARTS) is 1. The van der Waals surface area contributed by atoms with E-state index in [-0.39, 0.29) is 12.5 Å². The van der Waals surface area contributed by atoms with Crippen LogP contribution in [0.15, 0.2) is 24.3 Å². The number of anilines is 1. The maximum atomic E-state index is 11.9. The monoisotopic (exact) mass is 278 g/mol. The first-order chi connectivity index (χ1) is 9.60. The molecule has 0 saturated carbocycles. The fraction of sp³-hybridized carbons (Fsp3) is 0.429. The van der Waals surface area contributed by atoms with Gasteiger partial charge in [-0.05, 0) is 31.5 Å². The third-order valence-corrected chi connectivity index (χ3v) is 3.35. The molecular weight excluding hydrogens is 260 g/mol. The van der Waals surface area contributed by atoms with Gasteiger partial charge in [-0.25, -0.2) is 0 Å². The molecule has 1 heterocycles. The summed E-state index contributed by atoms with van der Waals surface area (Å²) in [6, 6.07) is 6.50. The standard InChI is InChI=1S/C14H18N2O4/c1-20-11-5-2-4-10(8-11)15-13(17)9-16-7-3-6-12(16)14(18)19/h2,4-5,8,12H,3,6-7,9H2,1H3,(H,15,17)(H,18,19). The highest BCUT2D eigenvalue weighted by Gasteiger charge is 2.31. The van der Waals surface area contributed by atoms with Crippen molar-refractivity contribution in [2.75, 3.05) is 25.5 Å². The first-order valence-electron chi connectivity index (χ1n) is 6.51. The molecule has 1 aromatic carbocycles. The Kier molecular flexibility index (Phi) is 4.57. The molecule has 108 valence electrons. The van der Waals surface area contributed by atoms with Crippen LogP contribution < -0.4 is 10.1 Å². The average Bonchev–Trinajstić information content (AvgIpc) is 2.87. The molecule has 1 unspecified atom stereocenters. The number of carbonyl (C=O) groups is 2. The number of nitrogens with zero attached hydrogens (tertiary/aromatic N) is 1. The van der Waals surface area contributed by atoms with Crippen molar-refractivity contribution in [3.63, 3.8) is 0 Å². The summed E-state index contributed by atoms with van der Waals surface area (Å²) in [4.78, 5) is 24.7. The molecule has 20 heavy (non-hydrogen) atoms. The minimum absolute atomic E-state index is 0.0914. The van der Waals surface area contributed by atoms with E-state index in [9.17, 15) is 9.59 Å². The predicted molar refractivity (Wildman–Crippen MR) is 73.9 cm³/mol. The fourth-order valence-electron chi connectivity index (χ4n) is 2.38. The van der Waals surface area contributed by atoms with Gasteiger partial charge in [0.25, 0.3) is 0 Å². The van der Waals surface area contributed by atoms with Gasteiger partial charge in [0.05, 0.1) is 13.7 Å². The van der Waals surface area contributed by atoms with Crippen LogP contribution in [0.5, 0.6) is 5.75 Å². The van der Waals surface area contributed by atoms with Gasteiger partial charge in [0, 0.05) is 11.8 Å². The van der Waals surface area contributed by atoms with Crippen molar-refractivity contribution in [3.8, 4) is 5.75 Å². The second kappa shape index (κ2) is 6.38. The number of carbonyl (C=O) groups excluding carboxylic acids is 1. The van der Waals surface area contributed by atoms with Crippen molar-refractivity contribution >= 4 is 17.6 Å². The molecule has 1 aromatic rings. The van der Waals surface area contributed by atoms with Gasteiger partial charge in [-0.1, -0.05) is 6.07 Å². The van der Waals surface area contributed by atoms with Gasteiger partial charge in [0.15, 0.2) is 0 Å². The summed E-state index contributed by atoms with van der Waals surface area (Å²) in [5.41, 5.74) is 0.639. The van der Waals surface area contributed by atoms with Crippen molar-refractivity contribution < 1.29 is 19.4 Å². The van der Waals surface area contributed by atoms with E-state index in [0.717, 1.165) is 6.42 Å². The van der Waals surface area contributed by atoms with E-state index in [2.05, 4.69) is 5.32 Å². The number of amides is 1. The Balaban J connectivity index is 1.93. The fourth-order valence-corrected chi connectivity index (χ4v) is 2.38. The Morgan fingerprint density at radius 2 is 2.30 bits per heavy atom. The van der Waals surface area contributed by atoms with Crippen LogP contribution in [-0.4, -0.2) is 48.1 Å². The smallest absolute Gasteiger partial charge is 0.320 e. The first kappa shape index (κ1) is 14.3. The summed E-state index contributed by atoms with van der Waals surface area (Å²) in [6.07, 6.45) is 1.41. The van der Waals surface area contributed by atoms with Crippen molar-refractivity contribution in [1.29, 1.82) is 0 Å². The number of benzene rings is 1. The number of carboxylic acids is 1. The Morgan fingerprint density at radius 1 is 1.50 bits per heavy atom. The van der Waals surface area contributed by atoms with Gasteiger partial charge in [-0.15, -0.1) is 0 Å². The molecule has 2 N–H and O–H groups in total. The van der Waals surface area contributed by atoms with Crippen LogP contribution in [0.3, 0.4) is 0 Å². The maximum Gasteiger partial charge on any atom is 0.320 e. The second-order valence-corrected chi connectivity index (χ2v) is 4.75. The number of likely N-dealkylation sites (tertiary alicyclic amines) is 1. The molecule has 0 aliphatic carbocycles. The molecule has 0 radical (unpaired) electrons. The minimum Gasteiger partial charge on any atom is -0.497 e. The normalized spacial score (nSPS) is 18.8. The highest BCUT2D eigenvalue weighted by Crippen LogP contribution is 2.19. The molecule has 1 atom stereocenters. The van der Waals surface area contributed by atoms with Gasteiger partial charge in [0.1, 0.15) is 11.8 Å². The van der Waals surface area contributed by atoms with E-state index in [1.807, 2.05) is 0 Å². The van der Waals surface area contributed by atoms with Gasteiger partial charge in [-0.2, -0.15) is 0 Å². The van der Waals surface area contributed by atoms with E-state index in [1.54, 1.807) is 36.3 Å². The summed E-state index contributed by atoms with van der Waals surface area (Å²) < 4.78 is 5.08. The molecule has 1 saturated heterocycles. The molecule has 0 bridgehead atoms. The van der Waals surface area contributed by atoms with Crippen LogP contribution in [0.4, 0.5) is 5.69 Å². The number of hydrogen-bond donors (Lipinski definition) is 2. The van der Waals surface area contributed by atoms with Gasteiger partial charge < -0.3 is 15.2 Å². The molecule has 0 aromatic heterocycles. The van der Waals surface area contributed by atoms with E-state index < -0.39 is 12.0 Å². The first-order valence-corrected chi connectivity index (χ1v) is 6.51. The van der Waals surface area contributed by atoms with Crippen LogP contribution >= 0.6 is 0 Å². The number of methoxy groups -OCH3 is 1. The maximum absolute atomic E-state index is 11.9. The summed E-state index contributed by atoms with van der Waals surface area (Å²) in [5, 5.41) is 11.8. The largest absolute Gasteiger partial charge is 0.497 e. The number of hydrogen-bond acceptors (Lipinski definition) is 4. The highest BCUT2D eigenvalue weighted by molar-refractivity contribution is 5.92. The van der Waals surface area contributed by atoms with E-state index >= 15 is 0 Å². The SMILES string of the molecule is COc1cccc(NC(=O)CN2CCCC2C(=O)O)c1. The third-order valence-electron chi connectivity index (χ3n) is 3.35. The summed E-state index contributed by atoms with van der Waals surface area (Å²) in [6.45, 7) is 0.733. The number of ether oxygens (including phenoxy) is 1. The summed E-state index contributed by atoms with van der Waals surface area (Å²) >= 11 is 0. The molecule has 2 rings (SSSR count). The Hall–Kier alpha value is -2.08. The lowest BCUT2D eigenvalue weighted by atomic mass is 10.2. The van der Waals surface area contributed by atoms with Crippen LogP contribution in [0, 0.1) is 0 Å². The van der Waals surface area contributed by atoms with E-state index in [0.29, 0.717) is 24.4 Å². The molecule has 1 amide bonds. The lowest BCUT2D eigenvalue weighted by Gasteiger charge is -2.20. The van der Waals surface area contributed by atoms with Crippen molar-refractivity contribution in [2.24, 2.45) is 0 Å². The zero-order chi connectivity index (χ0) is 14.5. The lowest BCUT2D eigenvalue weighted by molar-refractivity contribution is -0.142. The van der Waals surface area contributed by atoms with Crippen molar-refractivity contribution in [2.45, 2.75) is 18.9 Å². The number of nitrogens with one attached hydrogen (secondary N) is 1. The molecule has 1 fully saturated rings. The van der Waals surface area contributed by atoms with E-state index in [1.165, 1.54) is 0 Å². The zero-order valence-electron chi connectivity index (χ0n) is 11.3. The Morgan fingerprint density at radius 3 is 3.00 bits per heavy atom. The predicted octanol–water partition coefficient (Wildman–Crippen LogP) is 1.18. The molecule has 1 aliphatic heterocycles. The van der Waals surface area contributed by atoms with Crippen LogP contribution in [0.1, 0.15) is 12.8 Å². The quantitative estimate of drug-likeness (QED) is 0.845. The number of aliphatic carboxylic acids is 1. The zero-order valence-corrected chi connectivity index (χ0v) is 11.3. The Bertz CT molecular complexity index is 504. The molecule has 1 aliphatic rings. The minimum atomic E-state index is -0.864. The third kappa shape index (κ3) is 3.48. The van der Waals surface area contributed by atoms with Crippen molar-refractivity contribution in [3.05, 3.63) is 24.3 Å². The summed E-state index contributed by atoms with van der Waals surface area (Å²) in [5.74, 6) is -0.421. The van der Waals surface area contributed by atoms with Crippen LogP contribution in [0.2, 0.25) is 0 Å². The Labute approximate surface area is 117 Å². The second-order valence-electron chi connectivity index (χ2n) is 4.75. The van der Waals surface area contributed by atoms with Crippen LogP contribution in [-0.2, 0) is 9.59 Å². The number of rotatable bonds is 5. The molecule has 6 nitrogen and oxygen atoms in total. The molecule has 6 heteroatoms. The lowest BCUT2D eigenvalue weighted by Crippen LogP contribution is -2.40. The summed E-state index contributed by atoms with van der Waals surface area (Å²) in [7, 11) is 1.56. The highest BCUT2D eigenvalue weighted by atomic mass is 16.5. The van der Waals surface area contributed by atoms with E-state index in [4.69, 9.17) is 9.84 Å². The molecule has 0 spiro atoms. The van der Waals surface area contributed by atoms with Crippen LogP contribution in [0.25, 0.3) is 0 Å². The topological polar surface area (TPSA) is 78.9 Å². The van der Waals surface area contributed by atoms with Gasteiger partial charge >= 0.3 is 5.97 Å². The van der Waals surface area contributed by atoms with Gasteiger partial charge in [-0.3, -0.25) is 14.5 Å². The molecular formula is C14H18N2O4.